The monoisotopic (exact) mass is 378 g/mol. The lowest BCUT2D eigenvalue weighted by Crippen LogP contribution is -2.46. The fraction of sp³-hybridized carbons (Fsp3) is 0.478. The zero-order chi connectivity index (χ0) is 19.3. The second kappa shape index (κ2) is 8.63. The number of nitrogens with one attached hydrogen (secondary N) is 1. The summed E-state index contributed by atoms with van der Waals surface area (Å²) < 4.78 is 0. The quantitative estimate of drug-likeness (QED) is 0.865. The molecule has 1 N–H and O–H groups in total. The molecule has 1 aromatic carbocycles. The number of anilines is 3. The lowest BCUT2D eigenvalue weighted by atomic mass is 9.89. The van der Waals surface area contributed by atoms with Gasteiger partial charge in [-0.25, -0.2) is 4.98 Å². The van der Waals surface area contributed by atoms with Gasteiger partial charge in [0.2, 0.25) is 5.91 Å². The average molecular weight is 379 g/mol. The third kappa shape index (κ3) is 4.46. The zero-order valence-corrected chi connectivity index (χ0v) is 16.7. The van der Waals surface area contributed by atoms with E-state index in [0.29, 0.717) is 5.82 Å². The Morgan fingerprint density at radius 1 is 0.964 bits per heavy atom. The van der Waals surface area contributed by atoms with Crippen LogP contribution in [0.3, 0.4) is 0 Å². The van der Waals surface area contributed by atoms with E-state index in [1.54, 1.807) is 0 Å². The summed E-state index contributed by atoms with van der Waals surface area (Å²) in [6.45, 7) is 6.10. The molecular formula is C23H30N4O. The lowest BCUT2D eigenvalue weighted by molar-refractivity contribution is -0.120. The van der Waals surface area contributed by atoms with Crippen LogP contribution in [-0.4, -0.2) is 37.1 Å². The number of nitrogens with zero attached hydrogens (tertiary/aromatic N) is 3. The third-order valence-corrected chi connectivity index (χ3v) is 5.99. The second-order valence-electron chi connectivity index (χ2n) is 8.04. The van der Waals surface area contributed by atoms with E-state index >= 15 is 0 Å². The smallest absolute Gasteiger partial charge is 0.228 e. The number of benzene rings is 1. The minimum absolute atomic E-state index is 0.131. The molecule has 2 aromatic rings. The molecule has 2 fully saturated rings. The molecule has 1 saturated heterocycles. The molecule has 148 valence electrons. The highest BCUT2D eigenvalue weighted by Gasteiger charge is 2.22. The van der Waals surface area contributed by atoms with E-state index in [2.05, 4.69) is 57.4 Å². The van der Waals surface area contributed by atoms with E-state index in [-0.39, 0.29) is 11.8 Å². The van der Waals surface area contributed by atoms with Gasteiger partial charge >= 0.3 is 0 Å². The van der Waals surface area contributed by atoms with Crippen molar-refractivity contribution in [2.75, 3.05) is 41.3 Å². The maximum Gasteiger partial charge on any atom is 0.228 e. The van der Waals surface area contributed by atoms with E-state index in [9.17, 15) is 4.79 Å². The number of aromatic nitrogens is 1. The van der Waals surface area contributed by atoms with Crippen molar-refractivity contribution in [3.05, 3.63) is 48.2 Å². The molecule has 1 aliphatic heterocycles. The summed E-state index contributed by atoms with van der Waals surface area (Å²) in [6, 6.07) is 12.7. The number of carbonyl (C=O) groups excluding carboxylic acids is 1. The van der Waals surface area contributed by atoms with E-state index in [1.165, 1.54) is 30.5 Å². The summed E-state index contributed by atoms with van der Waals surface area (Å²) in [5, 5.41) is 3.00. The van der Waals surface area contributed by atoms with Crippen molar-refractivity contribution in [2.45, 2.75) is 39.0 Å². The highest BCUT2D eigenvalue weighted by atomic mass is 16.1. The summed E-state index contributed by atoms with van der Waals surface area (Å²) in [4.78, 5) is 21.7. The third-order valence-electron chi connectivity index (χ3n) is 5.99. The molecule has 0 radical (unpaired) electrons. The molecule has 1 saturated carbocycles. The van der Waals surface area contributed by atoms with Gasteiger partial charge in [0.15, 0.2) is 0 Å². The normalized spacial score (nSPS) is 18.2. The SMILES string of the molecule is Cc1cccc(N2CCN(c3ccc(NC(=O)C4CCCCC4)nc3)CC2)c1. The predicted molar refractivity (Wildman–Crippen MR) is 115 cm³/mol. The van der Waals surface area contributed by atoms with Gasteiger partial charge < -0.3 is 15.1 Å². The molecule has 0 atom stereocenters. The van der Waals surface area contributed by atoms with Crippen LogP contribution < -0.4 is 15.1 Å². The van der Waals surface area contributed by atoms with Crippen molar-refractivity contribution in [1.29, 1.82) is 0 Å². The largest absolute Gasteiger partial charge is 0.368 e. The topological polar surface area (TPSA) is 48.5 Å². The Balaban J connectivity index is 1.31. The minimum atomic E-state index is 0.131. The van der Waals surface area contributed by atoms with Gasteiger partial charge in [-0.3, -0.25) is 4.79 Å². The second-order valence-corrected chi connectivity index (χ2v) is 8.04. The Morgan fingerprint density at radius 2 is 1.68 bits per heavy atom. The fourth-order valence-corrected chi connectivity index (χ4v) is 4.29. The molecule has 1 amide bonds. The summed E-state index contributed by atoms with van der Waals surface area (Å²) in [5.74, 6) is 0.953. The van der Waals surface area contributed by atoms with Gasteiger partial charge in [0.25, 0.3) is 0 Å². The molecule has 2 aliphatic rings. The molecule has 1 aromatic heterocycles. The van der Waals surface area contributed by atoms with Crippen LogP contribution in [0.15, 0.2) is 42.6 Å². The van der Waals surface area contributed by atoms with Crippen molar-refractivity contribution in [3.63, 3.8) is 0 Å². The Hall–Kier alpha value is -2.56. The van der Waals surface area contributed by atoms with Gasteiger partial charge in [-0.05, 0) is 49.6 Å². The summed E-state index contributed by atoms with van der Waals surface area (Å²) >= 11 is 0. The summed E-state index contributed by atoms with van der Waals surface area (Å²) in [5.41, 5.74) is 3.73. The molecule has 5 nitrogen and oxygen atoms in total. The van der Waals surface area contributed by atoms with Crippen LogP contribution in [0.1, 0.15) is 37.7 Å². The molecule has 0 unspecified atom stereocenters. The van der Waals surface area contributed by atoms with Crippen molar-refractivity contribution in [3.8, 4) is 0 Å². The van der Waals surface area contributed by atoms with Gasteiger partial charge in [0, 0.05) is 37.8 Å². The van der Waals surface area contributed by atoms with E-state index < -0.39 is 0 Å². The first-order chi connectivity index (χ1) is 13.7. The molecule has 2 heterocycles. The molecule has 5 heteroatoms. The lowest BCUT2D eigenvalue weighted by Gasteiger charge is -2.37. The van der Waals surface area contributed by atoms with E-state index in [0.717, 1.165) is 44.7 Å². The van der Waals surface area contributed by atoms with Gasteiger partial charge in [-0.1, -0.05) is 31.4 Å². The highest BCUT2D eigenvalue weighted by molar-refractivity contribution is 5.91. The molecule has 28 heavy (non-hydrogen) atoms. The van der Waals surface area contributed by atoms with Crippen LogP contribution in [0.25, 0.3) is 0 Å². The van der Waals surface area contributed by atoms with Gasteiger partial charge in [-0.15, -0.1) is 0 Å². The van der Waals surface area contributed by atoms with Crippen molar-refractivity contribution < 1.29 is 4.79 Å². The van der Waals surface area contributed by atoms with Gasteiger partial charge in [-0.2, -0.15) is 0 Å². The zero-order valence-electron chi connectivity index (χ0n) is 16.7. The maximum atomic E-state index is 12.4. The van der Waals surface area contributed by atoms with Gasteiger partial charge in [0.1, 0.15) is 5.82 Å². The fourth-order valence-electron chi connectivity index (χ4n) is 4.29. The number of rotatable bonds is 4. The van der Waals surface area contributed by atoms with Crippen molar-refractivity contribution in [1.82, 2.24) is 4.98 Å². The number of carbonyl (C=O) groups is 1. The van der Waals surface area contributed by atoms with Crippen LogP contribution in [0.4, 0.5) is 17.2 Å². The van der Waals surface area contributed by atoms with Crippen LogP contribution in [0.2, 0.25) is 0 Å². The molecular weight excluding hydrogens is 348 g/mol. The van der Waals surface area contributed by atoms with Crippen LogP contribution in [-0.2, 0) is 4.79 Å². The molecule has 4 rings (SSSR count). The van der Waals surface area contributed by atoms with E-state index in [4.69, 9.17) is 0 Å². The number of piperazine rings is 1. The summed E-state index contributed by atoms with van der Waals surface area (Å²) in [7, 11) is 0. The van der Waals surface area contributed by atoms with Crippen molar-refractivity contribution >= 4 is 23.1 Å². The first-order valence-electron chi connectivity index (χ1n) is 10.5. The molecule has 1 aliphatic carbocycles. The predicted octanol–water partition coefficient (Wildman–Crippen LogP) is 4.24. The minimum Gasteiger partial charge on any atom is -0.368 e. The van der Waals surface area contributed by atoms with Crippen LogP contribution in [0, 0.1) is 12.8 Å². The van der Waals surface area contributed by atoms with Crippen LogP contribution in [0.5, 0.6) is 0 Å². The Morgan fingerprint density at radius 3 is 2.32 bits per heavy atom. The first-order valence-corrected chi connectivity index (χ1v) is 10.5. The van der Waals surface area contributed by atoms with E-state index in [1.807, 2.05) is 12.3 Å². The first kappa shape index (κ1) is 18.8. The number of pyridine rings is 1. The standard InChI is InChI=1S/C23H30N4O/c1-18-6-5-9-20(16-18)26-12-14-27(15-13-26)21-10-11-22(24-17-21)25-23(28)19-7-3-2-4-8-19/h5-6,9-11,16-17,19H,2-4,7-8,12-15H2,1H3,(H,24,25,28). The number of aryl methyl sites for hydroxylation is 1. The Bertz CT molecular complexity index is 791. The molecule has 0 bridgehead atoms. The number of hydrogen-bond acceptors (Lipinski definition) is 4. The highest BCUT2D eigenvalue weighted by Crippen LogP contribution is 2.25. The Kier molecular flexibility index (Phi) is 5.79. The average Bonchev–Trinajstić information content (AvgIpc) is 2.75. The van der Waals surface area contributed by atoms with Crippen molar-refractivity contribution in [2.24, 2.45) is 5.92 Å². The maximum absolute atomic E-state index is 12.4. The van der Waals surface area contributed by atoms with Gasteiger partial charge in [0.05, 0.1) is 11.9 Å². The number of amides is 1. The van der Waals surface area contributed by atoms with Crippen LogP contribution >= 0.6 is 0 Å². The number of hydrogen-bond donors (Lipinski definition) is 1. The molecule has 0 spiro atoms. The Labute approximate surface area is 167 Å². The summed E-state index contributed by atoms with van der Waals surface area (Å²) in [6.07, 6.45) is 7.49.